The summed E-state index contributed by atoms with van der Waals surface area (Å²) in [5.74, 6) is -0.720. The number of carbonyl (C=O) groups excluding carboxylic acids is 2. The molecule has 0 saturated carbocycles. The van der Waals surface area contributed by atoms with E-state index in [1.807, 2.05) is 54.6 Å². The molecule has 30 heavy (non-hydrogen) atoms. The fourth-order valence-corrected chi connectivity index (χ4v) is 5.38. The van der Waals surface area contributed by atoms with Crippen LogP contribution in [0.25, 0.3) is 0 Å². The standard InChI is InChI=1S/C23H26N2O4S/c1-28-22(27)23(17-18-7-3-2-4-8-18)21(26)25(12-11-24-13-15-29-16-14-24)19-9-5-6-10-20(19)30-23/h2-10H,11-17H2,1H3. The van der Waals surface area contributed by atoms with Crippen molar-refractivity contribution in [3.63, 3.8) is 0 Å². The number of morpholine rings is 1. The quantitative estimate of drug-likeness (QED) is 0.523. The zero-order valence-electron chi connectivity index (χ0n) is 17.1. The maximum atomic E-state index is 13.8. The van der Waals surface area contributed by atoms with Crippen LogP contribution in [0.5, 0.6) is 0 Å². The molecule has 4 rings (SSSR count). The molecule has 2 aliphatic rings. The number of para-hydroxylation sites is 1. The molecule has 2 aromatic rings. The number of ether oxygens (including phenoxy) is 2. The number of anilines is 1. The zero-order chi connectivity index (χ0) is 21.0. The van der Waals surface area contributed by atoms with E-state index in [4.69, 9.17) is 9.47 Å². The summed E-state index contributed by atoms with van der Waals surface area (Å²) in [7, 11) is 1.35. The molecular weight excluding hydrogens is 400 g/mol. The number of carbonyl (C=O) groups is 2. The van der Waals surface area contributed by atoms with Crippen molar-refractivity contribution in [3.8, 4) is 0 Å². The fourth-order valence-electron chi connectivity index (χ4n) is 3.97. The van der Waals surface area contributed by atoms with Crippen LogP contribution >= 0.6 is 11.8 Å². The van der Waals surface area contributed by atoms with Crippen LogP contribution < -0.4 is 4.90 Å². The van der Waals surface area contributed by atoms with Gasteiger partial charge in [0.05, 0.1) is 26.0 Å². The first-order chi connectivity index (χ1) is 14.6. The molecule has 0 spiro atoms. The van der Waals surface area contributed by atoms with Gasteiger partial charge in [0.2, 0.25) is 4.75 Å². The number of methoxy groups -OCH3 is 1. The van der Waals surface area contributed by atoms with Crippen molar-refractivity contribution in [1.82, 2.24) is 4.90 Å². The molecule has 2 aliphatic heterocycles. The minimum atomic E-state index is -1.34. The Balaban J connectivity index is 1.68. The second-order valence-electron chi connectivity index (χ2n) is 7.46. The van der Waals surface area contributed by atoms with Crippen molar-refractivity contribution < 1.29 is 19.1 Å². The Labute approximate surface area is 181 Å². The molecule has 0 N–H and O–H groups in total. The minimum Gasteiger partial charge on any atom is -0.468 e. The van der Waals surface area contributed by atoms with Crippen LogP contribution in [0, 0.1) is 0 Å². The van der Waals surface area contributed by atoms with E-state index in [-0.39, 0.29) is 12.3 Å². The number of hydrogen-bond acceptors (Lipinski definition) is 6. The molecule has 0 radical (unpaired) electrons. The van der Waals surface area contributed by atoms with Crippen LogP contribution in [0.4, 0.5) is 5.69 Å². The predicted molar refractivity (Wildman–Crippen MR) is 117 cm³/mol. The molecule has 0 bridgehead atoms. The number of thioether (sulfide) groups is 1. The van der Waals surface area contributed by atoms with E-state index >= 15 is 0 Å². The summed E-state index contributed by atoms with van der Waals surface area (Å²) in [5.41, 5.74) is 1.78. The Hall–Kier alpha value is -2.35. The number of benzene rings is 2. The highest BCUT2D eigenvalue weighted by Gasteiger charge is 2.54. The molecule has 1 atom stereocenters. The first-order valence-corrected chi connectivity index (χ1v) is 11.0. The predicted octanol–water partition coefficient (Wildman–Crippen LogP) is 2.61. The molecule has 7 heteroatoms. The number of esters is 1. The maximum Gasteiger partial charge on any atom is 0.332 e. The third-order valence-corrected chi connectivity index (χ3v) is 6.98. The van der Waals surface area contributed by atoms with Crippen molar-refractivity contribution in [2.24, 2.45) is 0 Å². The highest BCUT2D eigenvalue weighted by atomic mass is 32.2. The van der Waals surface area contributed by atoms with Crippen LogP contribution in [0.3, 0.4) is 0 Å². The van der Waals surface area contributed by atoms with E-state index in [0.29, 0.717) is 19.8 Å². The van der Waals surface area contributed by atoms with Gasteiger partial charge >= 0.3 is 5.97 Å². The van der Waals surface area contributed by atoms with Crippen LogP contribution in [0.15, 0.2) is 59.5 Å². The summed E-state index contributed by atoms with van der Waals surface area (Å²) < 4.78 is 9.25. The van der Waals surface area contributed by atoms with Gasteiger partial charge in [-0.2, -0.15) is 0 Å². The van der Waals surface area contributed by atoms with E-state index in [0.717, 1.165) is 35.8 Å². The van der Waals surface area contributed by atoms with Crippen molar-refractivity contribution >= 4 is 29.3 Å². The van der Waals surface area contributed by atoms with Crippen molar-refractivity contribution in [2.45, 2.75) is 16.1 Å². The van der Waals surface area contributed by atoms with Gasteiger partial charge in [-0.05, 0) is 17.7 Å². The van der Waals surface area contributed by atoms with E-state index < -0.39 is 10.7 Å². The first-order valence-electron chi connectivity index (χ1n) is 10.2. The molecule has 0 aliphatic carbocycles. The third-order valence-electron chi connectivity index (χ3n) is 5.59. The molecule has 1 amide bonds. The lowest BCUT2D eigenvalue weighted by atomic mass is 9.96. The Morgan fingerprint density at radius 1 is 1.07 bits per heavy atom. The Morgan fingerprint density at radius 2 is 1.77 bits per heavy atom. The van der Waals surface area contributed by atoms with Gasteiger partial charge in [-0.3, -0.25) is 9.69 Å². The van der Waals surface area contributed by atoms with Gasteiger partial charge in [-0.25, -0.2) is 4.79 Å². The highest BCUT2D eigenvalue weighted by Crippen LogP contribution is 2.47. The number of nitrogens with zero attached hydrogens (tertiary/aromatic N) is 2. The van der Waals surface area contributed by atoms with Gasteiger partial charge in [0.1, 0.15) is 0 Å². The number of amides is 1. The van der Waals surface area contributed by atoms with E-state index in [1.165, 1.54) is 18.9 Å². The van der Waals surface area contributed by atoms with Gasteiger partial charge in [0, 0.05) is 37.5 Å². The minimum absolute atomic E-state index is 0.213. The normalized spacial score (nSPS) is 21.9. The van der Waals surface area contributed by atoms with Crippen LogP contribution in [0.2, 0.25) is 0 Å². The largest absolute Gasteiger partial charge is 0.468 e. The molecule has 0 aromatic heterocycles. The molecule has 158 valence electrons. The van der Waals surface area contributed by atoms with Gasteiger partial charge in [0.25, 0.3) is 5.91 Å². The zero-order valence-corrected chi connectivity index (χ0v) is 17.9. The molecule has 6 nitrogen and oxygen atoms in total. The molecule has 2 aromatic carbocycles. The van der Waals surface area contributed by atoms with Crippen molar-refractivity contribution in [2.75, 3.05) is 51.4 Å². The van der Waals surface area contributed by atoms with Crippen LogP contribution in [-0.2, 0) is 25.5 Å². The SMILES string of the molecule is COC(=O)C1(Cc2ccccc2)Sc2ccccc2N(CCN2CCOCC2)C1=O. The number of fused-ring (bicyclic) bond motifs is 1. The molecular formula is C23H26N2O4S. The average Bonchev–Trinajstić information content (AvgIpc) is 2.80. The van der Waals surface area contributed by atoms with Gasteiger partial charge in [-0.1, -0.05) is 54.2 Å². The maximum absolute atomic E-state index is 13.8. The van der Waals surface area contributed by atoms with Crippen molar-refractivity contribution in [3.05, 3.63) is 60.2 Å². The lowest BCUT2D eigenvalue weighted by molar-refractivity contribution is -0.147. The van der Waals surface area contributed by atoms with E-state index in [2.05, 4.69) is 4.90 Å². The van der Waals surface area contributed by atoms with Gasteiger partial charge in [0.15, 0.2) is 0 Å². The fraction of sp³-hybridized carbons (Fsp3) is 0.391. The summed E-state index contributed by atoms with van der Waals surface area (Å²) in [6.07, 6.45) is 0.284. The summed E-state index contributed by atoms with van der Waals surface area (Å²) in [6.45, 7) is 4.37. The lowest BCUT2D eigenvalue weighted by Crippen LogP contribution is -2.57. The molecule has 2 heterocycles. The number of rotatable bonds is 6. The van der Waals surface area contributed by atoms with Crippen LogP contribution in [-0.4, -0.2) is 68.0 Å². The second-order valence-corrected chi connectivity index (χ2v) is 8.80. The summed E-state index contributed by atoms with van der Waals surface area (Å²) in [6, 6.07) is 17.4. The topological polar surface area (TPSA) is 59.1 Å². The van der Waals surface area contributed by atoms with E-state index in [9.17, 15) is 9.59 Å². The summed E-state index contributed by atoms with van der Waals surface area (Å²) >= 11 is 1.31. The Morgan fingerprint density at radius 3 is 2.50 bits per heavy atom. The lowest BCUT2D eigenvalue weighted by Gasteiger charge is -2.41. The van der Waals surface area contributed by atoms with Crippen molar-refractivity contribution in [1.29, 1.82) is 0 Å². The van der Waals surface area contributed by atoms with Gasteiger partial charge < -0.3 is 14.4 Å². The Kier molecular flexibility index (Phi) is 6.41. The Bertz CT molecular complexity index is 901. The average molecular weight is 427 g/mol. The molecule has 1 fully saturated rings. The monoisotopic (exact) mass is 426 g/mol. The summed E-state index contributed by atoms with van der Waals surface area (Å²) in [5, 5.41) is 0. The molecule has 1 saturated heterocycles. The van der Waals surface area contributed by atoms with Crippen LogP contribution in [0.1, 0.15) is 5.56 Å². The number of hydrogen-bond donors (Lipinski definition) is 0. The van der Waals surface area contributed by atoms with Gasteiger partial charge in [-0.15, -0.1) is 0 Å². The molecule has 1 unspecified atom stereocenters. The summed E-state index contributed by atoms with van der Waals surface area (Å²) in [4.78, 5) is 31.9. The van der Waals surface area contributed by atoms with E-state index in [1.54, 1.807) is 4.90 Å². The smallest absolute Gasteiger partial charge is 0.332 e. The first kappa shape index (κ1) is 20.9. The highest BCUT2D eigenvalue weighted by molar-refractivity contribution is 8.02. The third kappa shape index (κ3) is 4.10. The second kappa shape index (κ2) is 9.20.